The van der Waals surface area contributed by atoms with Gasteiger partial charge in [0, 0.05) is 25.7 Å². The van der Waals surface area contributed by atoms with Crippen molar-refractivity contribution in [2.75, 3.05) is 47.9 Å². The van der Waals surface area contributed by atoms with Crippen LogP contribution in [0.2, 0.25) is 0 Å². The molecule has 0 spiro atoms. The molecular weight excluding hydrogens is 226 g/mol. The highest BCUT2D eigenvalue weighted by molar-refractivity contribution is 4.87. The van der Waals surface area contributed by atoms with Crippen LogP contribution < -0.4 is 5.32 Å². The summed E-state index contributed by atoms with van der Waals surface area (Å²) >= 11 is 0. The van der Waals surface area contributed by atoms with Crippen LogP contribution in [-0.2, 0) is 4.74 Å². The number of rotatable bonds is 7. The molecule has 0 bridgehead atoms. The quantitative estimate of drug-likeness (QED) is 0.737. The van der Waals surface area contributed by atoms with E-state index in [9.17, 15) is 0 Å². The normalized spacial score (nSPS) is 23.8. The molecule has 4 nitrogen and oxygen atoms in total. The van der Waals surface area contributed by atoms with Crippen LogP contribution in [0.15, 0.2) is 0 Å². The lowest BCUT2D eigenvalue weighted by Crippen LogP contribution is -2.48. The Kier molecular flexibility index (Phi) is 6.05. The van der Waals surface area contributed by atoms with Crippen LogP contribution >= 0.6 is 0 Å². The third kappa shape index (κ3) is 4.19. The van der Waals surface area contributed by atoms with Crippen molar-refractivity contribution in [2.45, 2.75) is 44.4 Å². The van der Waals surface area contributed by atoms with Gasteiger partial charge in [0.25, 0.3) is 0 Å². The number of likely N-dealkylation sites (tertiary alicyclic amines) is 1. The lowest BCUT2D eigenvalue weighted by molar-refractivity contribution is -0.0124. The number of hydrogen-bond acceptors (Lipinski definition) is 4. The molecule has 0 aliphatic carbocycles. The van der Waals surface area contributed by atoms with E-state index in [2.05, 4.69) is 43.1 Å². The van der Waals surface area contributed by atoms with E-state index in [1.807, 2.05) is 7.05 Å². The van der Waals surface area contributed by atoms with Crippen molar-refractivity contribution in [3.8, 4) is 0 Å². The van der Waals surface area contributed by atoms with Gasteiger partial charge >= 0.3 is 0 Å². The largest absolute Gasteiger partial charge is 0.377 e. The molecule has 1 rings (SSSR count). The Morgan fingerprint density at radius 3 is 2.56 bits per heavy atom. The molecule has 0 aromatic heterocycles. The first-order valence-electron chi connectivity index (χ1n) is 7.02. The maximum absolute atomic E-state index is 5.58. The van der Waals surface area contributed by atoms with E-state index >= 15 is 0 Å². The highest BCUT2D eigenvalue weighted by atomic mass is 16.5. The summed E-state index contributed by atoms with van der Waals surface area (Å²) in [6.07, 6.45) is 2.43. The molecule has 0 amide bonds. The van der Waals surface area contributed by atoms with E-state index in [-0.39, 0.29) is 5.60 Å². The smallest absolute Gasteiger partial charge is 0.0775 e. The molecule has 4 heteroatoms. The molecule has 1 saturated heterocycles. The molecule has 1 aliphatic heterocycles. The van der Waals surface area contributed by atoms with Crippen LogP contribution in [0.5, 0.6) is 0 Å². The molecule has 2 atom stereocenters. The topological polar surface area (TPSA) is 27.7 Å². The number of nitrogens with zero attached hydrogens (tertiary/aromatic N) is 2. The molecule has 2 unspecified atom stereocenters. The van der Waals surface area contributed by atoms with Gasteiger partial charge in [0.15, 0.2) is 0 Å². The van der Waals surface area contributed by atoms with Gasteiger partial charge in [-0.15, -0.1) is 0 Å². The number of nitrogens with one attached hydrogen (secondary N) is 1. The summed E-state index contributed by atoms with van der Waals surface area (Å²) in [6, 6.07) is 1.13. The summed E-state index contributed by atoms with van der Waals surface area (Å²) in [4.78, 5) is 4.91. The highest BCUT2D eigenvalue weighted by Crippen LogP contribution is 2.19. The van der Waals surface area contributed by atoms with E-state index in [4.69, 9.17) is 4.74 Å². The van der Waals surface area contributed by atoms with Crippen LogP contribution in [0, 0.1) is 0 Å². The lowest BCUT2D eigenvalue weighted by Gasteiger charge is -2.34. The number of methoxy groups -OCH3 is 1. The second-order valence-electron chi connectivity index (χ2n) is 6.14. The van der Waals surface area contributed by atoms with Gasteiger partial charge in [-0.2, -0.15) is 0 Å². The van der Waals surface area contributed by atoms with Crippen molar-refractivity contribution in [3.05, 3.63) is 0 Å². The zero-order valence-corrected chi connectivity index (χ0v) is 13.0. The van der Waals surface area contributed by atoms with Gasteiger partial charge < -0.3 is 19.9 Å². The van der Waals surface area contributed by atoms with E-state index in [0.29, 0.717) is 6.04 Å². The van der Waals surface area contributed by atoms with Crippen molar-refractivity contribution in [1.82, 2.24) is 15.1 Å². The number of hydrogen-bond donors (Lipinski definition) is 1. The Hall–Kier alpha value is -0.160. The fourth-order valence-electron chi connectivity index (χ4n) is 2.73. The third-order valence-electron chi connectivity index (χ3n) is 4.43. The summed E-state index contributed by atoms with van der Waals surface area (Å²) in [5.41, 5.74) is -0.102. The van der Waals surface area contributed by atoms with E-state index in [0.717, 1.165) is 19.0 Å². The monoisotopic (exact) mass is 257 g/mol. The molecule has 0 radical (unpaired) electrons. The van der Waals surface area contributed by atoms with Crippen LogP contribution in [0.1, 0.15) is 26.7 Å². The van der Waals surface area contributed by atoms with Gasteiger partial charge in [-0.1, -0.05) is 0 Å². The van der Waals surface area contributed by atoms with Crippen LogP contribution in [0.25, 0.3) is 0 Å². The van der Waals surface area contributed by atoms with Crippen LogP contribution in [0.3, 0.4) is 0 Å². The molecule has 0 aromatic rings. The van der Waals surface area contributed by atoms with Gasteiger partial charge in [0.2, 0.25) is 0 Å². The van der Waals surface area contributed by atoms with E-state index in [1.165, 1.54) is 19.5 Å². The average molecular weight is 257 g/mol. The molecule has 1 fully saturated rings. The third-order valence-corrected chi connectivity index (χ3v) is 4.43. The van der Waals surface area contributed by atoms with Crippen molar-refractivity contribution < 1.29 is 4.74 Å². The summed E-state index contributed by atoms with van der Waals surface area (Å²) in [5, 5.41) is 3.39. The molecule has 108 valence electrons. The first-order valence-corrected chi connectivity index (χ1v) is 7.02. The average Bonchev–Trinajstić information content (AvgIpc) is 2.78. The van der Waals surface area contributed by atoms with Crippen molar-refractivity contribution >= 4 is 0 Å². The first-order chi connectivity index (χ1) is 8.40. The molecular formula is C14H31N3O. The highest BCUT2D eigenvalue weighted by Gasteiger charge is 2.30. The standard InChI is InChI=1S/C14H31N3O/c1-14(2,18-6)13(15-3)8-10-17-9-7-12(11-17)16(4)5/h12-13,15H,7-11H2,1-6H3. The summed E-state index contributed by atoms with van der Waals surface area (Å²) < 4.78 is 5.58. The summed E-state index contributed by atoms with van der Waals surface area (Å²) in [7, 11) is 8.18. The molecule has 1 aliphatic rings. The first kappa shape index (κ1) is 15.9. The van der Waals surface area contributed by atoms with E-state index in [1.54, 1.807) is 7.11 Å². The second kappa shape index (κ2) is 6.85. The van der Waals surface area contributed by atoms with Crippen LogP contribution in [0.4, 0.5) is 0 Å². The fraction of sp³-hybridized carbons (Fsp3) is 1.00. The van der Waals surface area contributed by atoms with Gasteiger partial charge in [0.1, 0.15) is 0 Å². The molecule has 1 N–H and O–H groups in total. The van der Waals surface area contributed by atoms with Gasteiger partial charge in [0.05, 0.1) is 5.60 Å². The Bertz CT molecular complexity index is 243. The summed E-state index contributed by atoms with van der Waals surface area (Å²) in [6.45, 7) is 7.90. The van der Waals surface area contributed by atoms with Gasteiger partial charge in [-0.05, 0) is 60.9 Å². The Morgan fingerprint density at radius 2 is 2.11 bits per heavy atom. The zero-order valence-electron chi connectivity index (χ0n) is 13.0. The summed E-state index contributed by atoms with van der Waals surface area (Å²) in [5.74, 6) is 0. The Morgan fingerprint density at radius 1 is 1.44 bits per heavy atom. The maximum Gasteiger partial charge on any atom is 0.0775 e. The van der Waals surface area contributed by atoms with Gasteiger partial charge in [-0.25, -0.2) is 0 Å². The lowest BCUT2D eigenvalue weighted by atomic mass is 9.95. The minimum Gasteiger partial charge on any atom is -0.377 e. The number of likely N-dealkylation sites (N-methyl/N-ethyl adjacent to an activating group) is 2. The predicted molar refractivity (Wildman–Crippen MR) is 77.1 cm³/mol. The Balaban J connectivity index is 2.36. The SMILES string of the molecule is CNC(CCN1CCC(N(C)C)C1)C(C)(C)OC. The second-order valence-corrected chi connectivity index (χ2v) is 6.14. The zero-order chi connectivity index (χ0) is 13.8. The molecule has 0 saturated carbocycles. The van der Waals surface area contributed by atoms with Gasteiger partial charge in [-0.3, -0.25) is 0 Å². The molecule has 18 heavy (non-hydrogen) atoms. The van der Waals surface area contributed by atoms with E-state index < -0.39 is 0 Å². The van der Waals surface area contributed by atoms with Crippen LogP contribution in [-0.4, -0.2) is 75.4 Å². The van der Waals surface area contributed by atoms with Crippen molar-refractivity contribution in [1.29, 1.82) is 0 Å². The molecule has 0 aromatic carbocycles. The van der Waals surface area contributed by atoms with Crippen molar-refractivity contribution in [3.63, 3.8) is 0 Å². The predicted octanol–water partition coefficient (Wildman–Crippen LogP) is 1.03. The fourth-order valence-corrected chi connectivity index (χ4v) is 2.73. The maximum atomic E-state index is 5.58. The van der Waals surface area contributed by atoms with Crippen molar-refractivity contribution in [2.24, 2.45) is 0 Å². The number of ether oxygens (including phenoxy) is 1. The minimum atomic E-state index is -0.102. The molecule has 1 heterocycles. The Labute approximate surface area is 113 Å². The minimum absolute atomic E-state index is 0.102.